The van der Waals surface area contributed by atoms with Gasteiger partial charge in [-0.05, 0) is 23.9 Å². The van der Waals surface area contributed by atoms with Crippen LogP contribution in [0.15, 0.2) is 15.7 Å². The summed E-state index contributed by atoms with van der Waals surface area (Å²) in [7, 11) is -3.37. The first-order valence-corrected chi connectivity index (χ1v) is 8.14. The minimum Gasteiger partial charge on any atom is -0.376 e. The lowest BCUT2D eigenvalue weighted by Crippen LogP contribution is -2.44. The van der Waals surface area contributed by atoms with E-state index in [1.54, 1.807) is 11.4 Å². The lowest BCUT2D eigenvalue weighted by molar-refractivity contribution is 0.0102. The van der Waals surface area contributed by atoms with E-state index in [1.165, 1.54) is 15.6 Å². The maximum Gasteiger partial charge on any atom is 0.252 e. The molecule has 0 saturated carbocycles. The van der Waals surface area contributed by atoms with Crippen molar-refractivity contribution in [1.29, 1.82) is 0 Å². The van der Waals surface area contributed by atoms with Gasteiger partial charge in [0.1, 0.15) is 4.21 Å². The van der Waals surface area contributed by atoms with E-state index in [0.717, 1.165) is 5.56 Å². The summed E-state index contributed by atoms with van der Waals surface area (Å²) < 4.78 is 31.8. The fourth-order valence-corrected chi connectivity index (χ4v) is 4.80. The molecular formula is C10H14ClNO3S2. The summed E-state index contributed by atoms with van der Waals surface area (Å²) in [6.45, 7) is 3.16. The Morgan fingerprint density at radius 2 is 2.41 bits per heavy atom. The van der Waals surface area contributed by atoms with Crippen molar-refractivity contribution in [2.75, 3.05) is 19.7 Å². The molecule has 1 aliphatic heterocycles. The summed E-state index contributed by atoms with van der Waals surface area (Å²) >= 11 is 6.90. The molecule has 0 bridgehead atoms. The number of morpholine rings is 1. The topological polar surface area (TPSA) is 46.6 Å². The monoisotopic (exact) mass is 295 g/mol. The standard InChI is InChI=1S/C10H14ClNO3S2/c1-8-6-12(2-3-15-8)17(13,14)10-4-9(5-11)7-16-10/h4,7-8H,2-3,5-6H2,1H3. The highest BCUT2D eigenvalue weighted by atomic mass is 35.5. The largest absolute Gasteiger partial charge is 0.376 e. The Hall–Kier alpha value is -0.140. The molecule has 1 unspecified atom stereocenters. The van der Waals surface area contributed by atoms with Crippen molar-refractivity contribution < 1.29 is 13.2 Å². The smallest absolute Gasteiger partial charge is 0.252 e. The summed E-state index contributed by atoms with van der Waals surface area (Å²) in [6.07, 6.45) is -0.0500. The molecule has 17 heavy (non-hydrogen) atoms. The van der Waals surface area contributed by atoms with Gasteiger partial charge in [-0.1, -0.05) is 0 Å². The van der Waals surface area contributed by atoms with E-state index in [4.69, 9.17) is 16.3 Å². The van der Waals surface area contributed by atoms with E-state index >= 15 is 0 Å². The van der Waals surface area contributed by atoms with Crippen LogP contribution in [-0.2, 0) is 20.6 Å². The molecule has 96 valence electrons. The van der Waals surface area contributed by atoms with Gasteiger partial charge in [0.25, 0.3) is 10.0 Å². The Morgan fingerprint density at radius 1 is 1.65 bits per heavy atom. The van der Waals surface area contributed by atoms with Gasteiger partial charge >= 0.3 is 0 Å². The molecule has 1 aliphatic rings. The van der Waals surface area contributed by atoms with Gasteiger partial charge in [-0.2, -0.15) is 4.31 Å². The van der Waals surface area contributed by atoms with Crippen LogP contribution in [0.2, 0.25) is 0 Å². The van der Waals surface area contributed by atoms with E-state index in [9.17, 15) is 8.42 Å². The number of thiophene rings is 1. The number of nitrogens with zero attached hydrogens (tertiary/aromatic N) is 1. The van der Waals surface area contributed by atoms with Gasteiger partial charge in [-0.3, -0.25) is 0 Å². The van der Waals surface area contributed by atoms with Crippen molar-refractivity contribution in [2.24, 2.45) is 0 Å². The highest BCUT2D eigenvalue weighted by Gasteiger charge is 2.30. The maximum absolute atomic E-state index is 12.3. The van der Waals surface area contributed by atoms with Gasteiger partial charge in [0, 0.05) is 19.0 Å². The molecule has 2 heterocycles. The molecular weight excluding hydrogens is 282 g/mol. The van der Waals surface area contributed by atoms with Crippen LogP contribution in [0.25, 0.3) is 0 Å². The Morgan fingerprint density at radius 3 is 3.00 bits per heavy atom. The number of rotatable bonds is 3. The third kappa shape index (κ3) is 2.82. The molecule has 4 nitrogen and oxygen atoms in total. The number of ether oxygens (including phenoxy) is 1. The van der Waals surface area contributed by atoms with E-state index in [0.29, 0.717) is 29.8 Å². The average molecular weight is 296 g/mol. The Kier molecular flexibility index (Phi) is 4.10. The molecule has 1 aromatic rings. The van der Waals surface area contributed by atoms with Crippen LogP contribution in [0.5, 0.6) is 0 Å². The highest BCUT2D eigenvalue weighted by molar-refractivity contribution is 7.91. The summed E-state index contributed by atoms with van der Waals surface area (Å²) in [6, 6.07) is 1.65. The van der Waals surface area contributed by atoms with Gasteiger partial charge in [-0.25, -0.2) is 8.42 Å². The van der Waals surface area contributed by atoms with Gasteiger partial charge in [0.15, 0.2) is 0 Å². The minimum absolute atomic E-state index is 0.0500. The van der Waals surface area contributed by atoms with Gasteiger partial charge < -0.3 is 4.74 Å². The molecule has 0 aromatic carbocycles. The summed E-state index contributed by atoms with van der Waals surface area (Å²) in [4.78, 5) is 0. The van der Waals surface area contributed by atoms with Crippen LogP contribution in [0, 0.1) is 0 Å². The first-order chi connectivity index (χ1) is 8.04. The van der Waals surface area contributed by atoms with Crippen LogP contribution in [-0.4, -0.2) is 38.5 Å². The summed E-state index contributed by atoms with van der Waals surface area (Å²) in [5.74, 6) is 0.339. The van der Waals surface area contributed by atoms with Crippen molar-refractivity contribution in [3.63, 3.8) is 0 Å². The summed E-state index contributed by atoms with van der Waals surface area (Å²) in [5.41, 5.74) is 0.844. The quantitative estimate of drug-likeness (QED) is 0.800. The normalized spacial score (nSPS) is 22.8. The van der Waals surface area contributed by atoms with Gasteiger partial charge in [0.05, 0.1) is 12.7 Å². The number of halogens is 1. The Bertz CT molecular complexity index is 485. The van der Waals surface area contributed by atoms with Crippen LogP contribution >= 0.6 is 22.9 Å². The second kappa shape index (κ2) is 5.24. The zero-order valence-electron chi connectivity index (χ0n) is 9.43. The van der Waals surface area contributed by atoms with E-state index < -0.39 is 10.0 Å². The predicted molar refractivity (Wildman–Crippen MR) is 68.0 cm³/mol. The fraction of sp³-hybridized carbons (Fsp3) is 0.600. The molecule has 1 fully saturated rings. The number of alkyl halides is 1. The maximum atomic E-state index is 12.3. The van der Waals surface area contributed by atoms with E-state index in [2.05, 4.69) is 0 Å². The number of hydrogen-bond donors (Lipinski definition) is 0. The number of hydrogen-bond acceptors (Lipinski definition) is 4. The third-order valence-electron chi connectivity index (χ3n) is 2.58. The molecule has 0 spiro atoms. The Labute approximate surface area is 110 Å². The van der Waals surface area contributed by atoms with Crippen LogP contribution in [0.3, 0.4) is 0 Å². The predicted octanol–water partition coefficient (Wildman–Crippen LogP) is 1.90. The van der Waals surface area contributed by atoms with Crippen molar-refractivity contribution in [2.45, 2.75) is 23.1 Å². The van der Waals surface area contributed by atoms with Crippen molar-refractivity contribution in [3.8, 4) is 0 Å². The molecule has 0 radical (unpaired) electrons. The third-order valence-corrected chi connectivity index (χ3v) is 6.22. The lowest BCUT2D eigenvalue weighted by atomic mass is 10.3. The van der Waals surface area contributed by atoms with Crippen LogP contribution in [0.1, 0.15) is 12.5 Å². The van der Waals surface area contributed by atoms with E-state index in [-0.39, 0.29) is 6.10 Å². The minimum atomic E-state index is -3.37. The van der Waals surface area contributed by atoms with Crippen LogP contribution in [0.4, 0.5) is 0 Å². The molecule has 0 aliphatic carbocycles. The number of sulfonamides is 1. The molecule has 1 saturated heterocycles. The second-order valence-corrected chi connectivity index (χ2v) is 7.30. The molecule has 0 amide bonds. The first kappa shape index (κ1) is 13.3. The zero-order valence-corrected chi connectivity index (χ0v) is 11.8. The Balaban J connectivity index is 2.23. The highest BCUT2D eigenvalue weighted by Crippen LogP contribution is 2.26. The SMILES string of the molecule is CC1CN(S(=O)(=O)c2cc(CCl)cs2)CCO1. The van der Waals surface area contributed by atoms with Gasteiger partial charge in [-0.15, -0.1) is 22.9 Å². The molecule has 1 aromatic heterocycles. The lowest BCUT2D eigenvalue weighted by Gasteiger charge is -2.29. The first-order valence-electron chi connectivity index (χ1n) is 5.29. The molecule has 1 atom stereocenters. The summed E-state index contributed by atoms with van der Waals surface area (Å²) in [5, 5.41) is 1.78. The second-order valence-electron chi connectivity index (χ2n) is 3.95. The molecule has 0 N–H and O–H groups in total. The van der Waals surface area contributed by atoms with Crippen LogP contribution < -0.4 is 0 Å². The fourth-order valence-electron chi connectivity index (χ4n) is 1.69. The van der Waals surface area contributed by atoms with Crippen molar-refractivity contribution >= 4 is 33.0 Å². The molecule has 2 rings (SSSR count). The van der Waals surface area contributed by atoms with E-state index in [1.807, 2.05) is 6.92 Å². The van der Waals surface area contributed by atoms with Gasteiger partial charge in [0.2, 0.25) is 0 Å². The zero-order chi connectivity index (χ0) is 12.5. The van der Waals surface area contributed by atoms with Crippen molar-refractivity contribution in [3.05, 3.63) is 17.0 Å². The molecule has 7 heteroatoms. The van der Waals surface area contributed by atoms with Crippen molar-refractivity contribution in [1.82, 2.24) is 4.31 Å². The average Bonchev–Trinajstić information content (AvgIpc) is 2.78.